The molecule has 1 aromatic heterocycles. The molecular formula is C27H23ClF3NO5S. The van der Waals surface area contributed by atoms with Gasteiger partial charge in [0.2, 0.25) is 0 Å². The maximum atomic E-state index is 14.4. The first-order valence-electron chi connectivity index (χ1n) is 11.4. The first-order chi connectivity index (χ1) is 17.7. The van der Waals surface area contributed by atoms with E-state index in [1.165, 1.54) is 39.1 Å². The number of pyridine rings is 1. The van der Waals surface area contributed by atoms with E-state index in [0.717, 1.165) is 6.07 Å². The Morgan fingerprint density at radius 2 is 1.71 bits per heavy atom. The SMILES string of the molecule is CC(C)(C)C(=O)OC1=C(c2c(C(F)(F)F)ccc(Cl)c2OCc2ccccc2)S(=O)(=O)Cc2ncccc21. The molecule has 0 bridgehead atoms. The summed E-state index contributed by atoms with van der Waals surface area (Å²) in [6.07, 6.45) is -3.65. The maximum absolute atomic E-state index is 14.4. The zero-order chi connectivity index (χ0) is 27.9. The Bertz CT molecular complexity index is 1530. The van der Waals surface area contributed by atoms with Gasteiger partial charge in [0.25, 0.3) is 0 Å². The Morgan fingerprint density at radius 3 is 2.34 bits per heavy atom. The highest BCUT2D eigenvalue weighted by atomic mass is 35.5. The highest BCUT2D eigenvalue weighted by Gasteiger charge is 2.44. The molecule has 0 spiro atoms. The molecule has 1 aliphatic rings. The number of fused-ring (bicyclic) bond motifs is 1. The zero-order valence-corrected chi connectivity index (χ0v) is 22.2. The number of aromatic nitrogens is 1. The summed E-state index contributed by atoms with van der Waals surface area (Å²) in [6.45, 7) is 4.40. The molecular weight excluding hydrogens is 543 g/mol. The lowest BCUT2D eigenvalue weighted by molar-refractivity contribution is -0.145. The standard InChI is InChI=1S/C27H23ClF3NO5S/c1-26(2,3)25(33)37-22-17-10-7-13-32-20(17)15-38(34,35)24(22)21-18(27(29,30)31)11-12-19(28)23(21)36-14-16-8-5-4-6-9-16/h4-13H,14-15H2,1-3H3. The number of benzene rings is 2. The Morgan fingerprint density at radius 1 is 1.03 bits per heavy atom. The quantitative estimate of drug-likeness (QED) is 0.321. The number of esters is 1. The number of nitrogens with zero attached hydrogens (tertiary/aromatic N) is 1. The van der Waals surface area contributed by atoms with Crippen LogP contribution in [-0.2, 0) is 37.9 Å². The van der Waals surface area contributed by atoms with Gasteiger partial charge in [-0.3, -0.25) is 9.78 Å². The van der Waals surface area contributed by atoms with Crippen molar-refractivity contribution in [3.05, 3.63) is 93.8 Å². The molecule has 0 fully saturated rings. The molecule has 0 radical (unpaired) electrons. The second kappa shape index (κ2) is 10.1. The molecule has 0 aliphatic carbocycles. The van der Waals surface area contributed by atoms with Gasteiger partial charge in [-0.2, -0.15) is 13.2 Å². The van der Waals surface area contributed by atoms with Gasteiger partial charge in [-0.05, 0) is 50.6 Å². The predicted molar refractivity (Wildman–Crippen MR) is 136 cm³/mol. The van der Waals surface area contributed by atoms with Gasteiger partial charge >= 0.3 is 12.1 Å². The molecule has 0 saturated carbocycles. The van der Waals surface area contributed by atoms with E-state index in [1.54, 1.807) is 30.3 Å². The number of hydrogen-bond donors (Lipinski definition) is 0. The summed E-state index contributed by atoms with van der Waals surface area (Å²) in [4.78, 5) is 16.2. The van der Waals surface area contributed by atoms with Crippen molar-refractivity contribution >= 4 is 38.1 Å². The topological polar surface area (TPSA) is 82.6 Å². The van der Waals surface area contributed by atoms with Gasteiger partial charge in [-0.1, -0.05) is 41.9 Å². The van der Waals surface area contributed by atoms with Crippen molar-refractivity contribution in [3.63, 3.8) is 0 Å². The summed E-state index contributed by atoms with van der Waals surface area (Å²) in [5, 5.41) is -0.245. The molecule has 6 nitrogen and oxygen atoms in total. The van der Waals surface area contributed by atoms with Gasteiger partial charge in [0.15, 0.2) is 15.6 Å². The van der Waals surface area contributed by atoms with Crippen LogP contribution in [0.2, 0.25) is 5.02 Å². The number of sulfone groups is 1. The Balaban J connectivity index is 2.07. The predicted octanol–water partition coefficient (Wildman–Crippen LogP) is 6.68. The van der Waals surface area contributed by atoms with Gasteiger partial charge in [0.1, 0.15) is 17.3 Å². The highest BCUT2D eigenvalue weighted by Crippen LogP contribution is 2.50. The minimum absolute atomic E-state index is 0.0373. The van der Waals surface area contributed by atoms with E-state index in [0.29, 0.717) is 11.6 Å². The molecule has 1 aliphatic heterocycles. The van der Waals surface area contributed by atoms with Crippen LogP contribution < -0.4 is 4.74 Å². The van der Waals surface area contributed by atoms with Gasteiger partial charge in [0.05, 0.1) is 33.0 Å². The van der Waals surface area contributed by atoms with E-state index in [2.05, 4.69) is 4.98 Å². The highest BCUT2D eigenvalue weighted by molar-refractivity contribution is 8.00. The first-order valence-corrected chi connectivity index (χ1v) is 13.4. The smallest absolute Gasteiger partial charge is 0.417 e. The summed E-state index contributed by atoms with van der Waals surface area (Å²) >= 11 is 6.33. The molecule has 2 heterocycles. The van der Waals surface area contributed by atoms with Crippen molar-refractivity contribution in [2.45, 2.75) is 39.3 Å². The van der Waals surface area contributed by atoms with Crippen LogP contribution in [0.5, 0.6) is 5.75 Å². The third-order valence-corrected chi connectivity index (χ3v) is 7.62. The first kappa shape index (κ1) is 27.7. The molecule has 0 atom stereocenters. The van der Waals surface area contributed by atoms with Gasteiger partial charge < -0.3 is 9.47 Å². The zero-order valence-electron chi connectivity index (χ0n) is 20.6. The van der Waals surface area contributed by atoms with E-state index in [4.69, 9.17) is 21.1 Å². The summed E-state index contributed by atoms with van der Waals surface area (Å²) in [7, 11) is -4.53. The molecule has 38 heavy (non-hydrogen) atoms. The van der Waals surface area contributed by atoms with Crippen LogP contribution >= 0.6 is 11.6 Å². The van der Waals surface area contributed by atoms with Crippen LogP contribution in [0.15, 0.2) is 60.8 Å². The summed E-state index contributed by atoms with van der Waals surface area (Å²) in [5.41, 5.74) is -2.50. The van der Waals surface area contributed by atoms with Gasteiger partial charge in [0, 0.05) is 11.8 Å². The number of carbonyl (C=O) groups excluding carboxylic acids is 1. The van der Waals surface area contributed by atoms with Crippen molar-refractivity contribution in [2.24, 2.45) is 5.41 Å². The summed E-state index contributed by atoms with van der Waals surface area (Å²) in [6, 6.07) is 13.1. The molecule has 11 heteroatoms. The Labute approximate surface area is 223 Å². The number of halogens is 4. The van der Waals surface area contributed by atoms with Crippen LogP contribution in [0.3, 0.4) is 0 Å². The number of ether oxygens (including phenoxy) is 2. The minimum Gasteiger partial charge on any atom is -0.487 e. The number of carbonyl (C=O) groups is 1. The average molecular weight is 566 g/mol. The second-order valence-electron chi connectivity index (χ2n) is 9.63. The van der Waals surface area contributed by atoms with E-state index in [1.807, 2.05) is 0 Å². The molecule has 4 rings (SSSR count). The van der Waals surface area contributed by atoms with Gasteiger partial charge in [-0.25, -0.2) is 8.42 Å². The van der Waals surface area contributed by atoms with Crippen molar-refractivity contribution < 1.29 is 35.9 Å². The number of alkyl halides is 3. The van der Waals surface area contributed by atoms with Crippen molar-refractivity contribution in [1.82, 2.24) is 4.98 Å². The molecule has 2 aromatic carbocycles. The van der Waals surface area contributed by atoms with E-state index < -0.39 is 60.7 Å². The summed E-state index contributed by atoms with van der Waals surface area (Å²) in [5.74, 6) is -2.62. The van der Waals surface area contributed by atoms with Crippen LogP contribution in [0.1, 0.15) is 48.7 Å². The van der Waals surface area contributed by atoms with Crippen molar-refractivity contribution in [3.8, 4) is 5.75 Å². The molecule has 0 N–H and O–H groups in total. The van der Waals surface area contributed by atoms with E-state index in [9.17, 15) is 26.4 Å². The molecule has 200 valence electrons. The van der Waals surface area contributed by atoms with Crippen LogP contribution in [0, 0.1) is 5.41 Å². The van der Waals surface area contributed by atoms with Crippen molar-refractivity contribution in [2.75, 3.05) is 0 Å². The minimum atomic E-state index is -5.00. The monoisotopic (exact) mass is 565 g/mol. The normalized spacial score (nSPS) is 15.1. The van der Waals surface area contributed by atoms with Crippen LogP contribution in [0.4, 0.5) is 13.2 Å². The van der Waals surface area contributed by atoms with Crippen LogP contribution in [0.25, 0.3) is 10.7 Å². The Hall–Kier alpha value is -3.37. The lowest BCUT2D eigenvalue weighted by atomic mass is 9.97. The van der Waals surface area contributed by atoms with E-state index in [-0.39, 0.29) is 22.9 Å². The van der Waals surface area contributed by atoms with E-state index >= 15 is 0 Å². The lowest BCUT2D eigenvalue weighted by Gasteiger charge is -2.27. The Kier molecular flexibility index (Phi) is 7.33. The number of rotatable bonds is 5. The average Bonchev–Trinajstić information content (AvgIpc) is 2.82. The fourth-order valence-corrected chi connectivity index (χ4v) is 5.68. The fourth-order valence-electron chi connectivity index (χ4n) is 3.78. The number of hydrogen-bond acceptors (Lipinski definition) is 6. The fraction of sp³-hybridized carbons (Fsp3) is 0.259. The third-order valence-electron chi connectivity index (χ3n) is 5.65. The molecule has 3 aromatic rings. The molecule has 0 unspecified atom stereocenters. The molecule has 0 amide bonds. The largest absolute Gasteiger partial charge is 0.487 e. The van der Waals surface area contributed by atoms with Crippen molar-refractivity contribution in [1.29, 1.82) is 0 Å². The second-order valence-corrected chi connectivity index (χ2v) is 12.0. The molecule has 0 saturated heterocycles. The summed E-state index contributed by atoms with van der Waals surface area (Å²) < 4.78 is 81.7. The lowest BCUT2D eigenvalue weighted by Crippen LogP contribution is -2.26. The van der Waals surface area contributed by atoms with Crippen LogP contribution in [-0.4, -0.2) is 19.4 Å². The maximum Gasteiger partial charge on any atom is 0.417 e. The van der Waals surface area contributed by atoms with Gasteiger partial charge in [-0.15, -0.1) is 0 Å². The third kappa shape index (κ3) is 5.56.